The van der Waals surface area contributed by atoms with Crippen molar-refractivity contribution in [3.05, 3.63) is 33.4 Å². The highest BCUT2D eigenvalue weighted by molar-refractivity contribution is 9.10. The molecule has 0 saturated heterocycles. The van der Waals surface area contributed by atoms with Crippen LogP contribution in [0.4, 0.5) is 0 Å². The molecule has 14 heavy (non-hydrogen) atoms. The standard InChI is InChI=1S/C11H11BrClN/c1-3-14-6-7(2)9-4-8(12)5-10(13)11(9)14/h4-6H,3H2,1-2H3. The molecule has 0 unspecified atom stereocenters. The Bertz CT molecular complexity index is 487. The maximum absolute atomic E-state index is 6.21. The molecule has 3 heteroatoms. The second-order valence-electron chi connectivity index (χ2n) is 3.38. The van der Waals surface area contributed by atoms with Gasteiger partial charge in [-0.05, 0) is 31.5 Å². The first-order valence-electron chi connectivity index (χ1n) is 4.58. The molecule has 0 N–H and O–H groups in total. The quantitative estimate of drug-likeness (QED) is 0.726. The van der Waals surface area contributed by atoms with Crippen molar-refractivity contribution in [3.8, 4) is 0 Å². The highest BCUT2D eigenvalue weighted by Gasteiger charge is 2.08. The second kappa shape index (κ2) is 3.59. The van der Waals surface area contributed by atoms with Crippen LogP contribution in [0.3, 0.4) is 0 Å². The number of hydrogen-bond acceptors (Lipinski definition) is 0. The Morgan fingerprint density at radius 3 is 2.79 bits per heavy atom. The lowest BCUT2D eigenvalue weighted by molar-refractivity contribution is 0.795. The van der Waals surface area contributed by atoms with Crippen molar-refractivity contribution < 1.29 is 0 Å². The van der Waals surface area contributed by atoms with E-state index in [0.717, 1.165) is 21.6 Å². The smallest absolute Gasteiger partial charge is 0.0673 e. The Morgan fingerprint density at radius 1 is 1.43 bits per heavy atom. The molecule has 0 amide bonds. The second-order valence-corrected chi connectivity index (χ2v) is 4.70. The number of aromatic nitrogens is 1. The van der Waals surface area contributed by atoms with E-state index < -0.39 is 0 Å². The predicted molar refractivity (Wildman–Crippen MR) is 65.1 cm³/mol. The highest BCUT2D eigenvalue weighted by atomic mass is 79.9. The third kappa shape index (κ3) is 1.47. The number of fused-ring (bicyclic) bond motifs is 1. The van der Waals surface area contributed by atoms with Crippen LogP contribution in [0.15, 0.2) is 22.8 Å². The van der Waals surface area contributed by atoms with Crippen molar-refractivity contribution in [2.75, 3.05) is 0 Å². The molecule has 74 valence electrons. The van der Waals surface area contributed by atoms with Crippen LogP contribution >= 0.6 is 27.5 Å². The largest absolute Gasteiger partial charge is 0.346 e. The van der Waals surface area contributed by atoms with Gasteiger partial charge in [-0.2, -0.15) is 0 Å². The van der Waals surface area contributed by atoms with Crippen LogP contribution in [-0.4, -0.2) is 4.57 Å². The van der Waals surface area contributed by atoms with Gasteiger partial charge in [0.1, 0.15) is 0 Å². The third-order valence-corrected chi connectivity index (χ3v) is 3.18. The van der Waals surface area contributed by atoms with Gasteiger partial charge in [0.25, 0.3) is 0 Å². The van der Waals surface area contributed by atoms with Gasteiger partial charge in [-0.25, -0.2) is 0 Å². The summed E-state index contributed by atoms with van der Waals surface area (Å²) < 4.78 is 3.21. The molecule has 0 saturated carbocycles. The van der Waals surface area contributed by atoms with Crippen LogP contribution in [-0.2, 0) is 6.54 Å². The predicted octanol–water partition coefficient (Wildman–Crippen LogP) is 4.39. The Hall–Kier alpha value is -0.470. The topological polar surface area (TPSA) is 4.93 Å². The van der Waals surface area contributed by atoms with Gasteiger partial charge < -0.3 is 4.57 Å². The number of nitrogens with zero attached hydrogens (tertiary/aromatic N) is 1. The van der Waals surface area contributed by atoms with Gasteiger partial charge in [0.15, 0.2) is 0 Å². The fourth-order valence-corrected chi connectivity index (χ4v) is 2.69. The maximum Gasteiger partial charge on any atom is 0.0673 e. The summed E-state index contributed by atoms with van der Waals surface area (Å²) in [7, 11) is 0. The minimum absolute atomic E-state index is 0.810. The zero-order valence-corrected chi connectivity index (χ0v) is 10.5. The van der Waals surface area contributed by atoms with Crippen molar-refractivity contribution in [1.82, 2.24) is 4.57 Å². The van der Waals surface area contributed by atoms with E-state index in [1.165, 1.54) is 10.9 Å². The number of benzene rings is 1. The molecule has 1 aromatic heterocycles. The van der Waals surface area contributed by atoms with Crippen LogP contribution in [0.5, 0.6) is 0 Å². The first-order valence-corrected chi connectivity index (χ1v) is 5.75. The molecule has 2 aromatic rings. The lowest BCUT2D eigenvalue weighted by atomic mass is 10.2. The van der Waals surface area contributed by atoms with E-state index in [4.69, 9.17) is 11.6 Å². The fourth-order valence-electron chi connectivity index (χ4n) is 1.78. The van der Waals surface area contributed by atoms with Crippen LogP contribution < -0.4 is 0 Å². The Labute approximate surface area is 96.8 Å². The van der Waals surface area contributed by atoms with Gasteiger partial charge in [0.05, 0.1) is 10.5 Å². The molecule has 1 heterocycles. The Kier molecular flexibility index (Phi) is 2.58. The summed E-state index contributed by atoms with van der Waals surface area (Å²) >= 11 is 9.66. The SMILES string of the molecule is CCn1cc(C)c2cc(Br)cc(Cl)c21. The Balaban J connectivity index is 2.89. The molecule has 0 bridgehead atoms. The molecule has 2 rings (SSSR count). The van der Waals surface area contributed by atoms with Crippen molar-refractivity contribution >= 4 is 38.4 Å². The van der Waals surface area contributed by atoms with E-state index in [2.05, 4.69) is 46.6 Å². The average Bonchev–Trinajstić information content (AvgIpc) is 2.43. The maximum atomic E-state index is 6.21. The van der Waals surface area contributed by atoms with Gasteiger partial charge >= 0.3 is 0 Å². The molecule has 1 aromatic carbocycles. The van der Waals surface area contributed by atoms with Gasteiger partial charge in [-0.1, -0.05) is 27.5 Å². The first kappa shape index (κ1) is 10.1. The average molecular weight is 273 g/mol. The van der Waals surface area contributed by atoms with Crippen LogP contribution in [0, 0.1) is 6.92 Å². The first-order chi connectivity index (χ1) is 6.63. The van der Waals surface area contributed by atoms with Crippen LogP contribution in [0.1, 0.15) is 12.5 Å². The summed E-state index contributed by atoms with van der Waals surface area (Å²) in [6.07, 6.45) is 2.14. The number of rotatable bonds is 1. The minimum Gasteiger partial charge on any atom is -0.346 e. The number of halogens is 2. The third-order valence-electron chi connectivity index (χ3n) is 2.43. The molecule has 0 aliphatic rings. The summed E-state index contributed by atoms with van der Waals surface area (Å²) in [6.45, 7) is 5.18. The molecular weight excluding hydrogens is 261 g/mol. The molecule has 0 radical (unpaired) electrons. The zero-order valence-electron chi connectivity index (χ0n) is 8.14. The van der Waals surface area contributed by atoms with Crippen molar-refractivity contribution in [3.63, 3.8) is 0 Å². The van der Waals surface area contributed by atoms with E-state index in [0.29, 0.717) is 0 Å². The van der Waals surface area contributed by atoms with Crippen molar-refractivity contribution in [2.45, 2.75) is 20.4 Å². The molecule has 1 nitrogen and oxygen atoms in total. The molecule has 0 aliphatic heterocycles. The van der Waals surface area contributed by atoms with Gasteiger partial charge in [0, 0.05) is 22.6 Å². The van der Waals surface area contributed by atoms with Crippen molar-refractivity contribution in [1.29, 1.82) is 0 Å². The Morgan fingerprint density at radius 2 is 2.14 bits per heavy atom. The molecule has 0 fully saturated rings. The van der Waals surface area contributed by atoms with Gasteiger partial charge in [0.2, 0.25) is 0 Å². The molecule has 0 aliphatic carbocycles. The van der Waals surface area contributed by atoms with E-state index in [9.17, 15) is 0 Å². The normalized spacial score (nSPS) is 11.1. The zero-order chi connectivity index (χ0) is 10.3. The molecular formula is C11H11BrClN. The summed E-state index contributed by atoms with van der Waals surface area (Å²) in [5.74, 6) is 0. The monoisotopic (exact) mass is 271 g/mol. The lowest BCUT2D eigenvalue weighted by Gasteiger charge is -2.03. The van der Waals surface area contributed by atoms with E-state index >= 15 is 0 Å². The summed E-state index contributed by atoms with van der Waals surface area (Å²) in [6, 6.07) is 4.05. The van der Waals surface area contributed by atoms with Crippen LogP contribution in [0.25, 0.3) is 10.9 Å². The number of hydrogen-bond donors (Lipinski definition) is 0. The van der Waals surface area contributed by atoms with E-state index in [-0.39, 0.29) is 0 Å². The fraction of sp³-hybridized carbons (Fsp3) is 0.273. The molecule has 0 atom stereocenters. The number of aryl methyl sites for hydroxylation is 2. The summed E-state index contributed by atoms with van der Waals surface area (Å²) in [4.78, 5) is 0. The van der Waals surface area contributed by atoms with Crippen LogP contribution in [0.2, 0.25) is 5.02 Å². The van der Waals surface area contributed by atoms with E-state index in [1.807, 2.05) is 6.07 Å². The summed E-state index contributed by atoms with van der Waals surface area (Å²) in [5, 5.41) is 2.04. The molecule has 0 spiro atoms. The van der Waals surface area contributed by atoms with Gasteiger partial charge in [-0.15, -0.1) is 0 Å². The lowest BCUT2D eigenvalue weighted by Crippen LogP contribution is -1.91. The minimum atomic E-state index is 0.810. The highest BCUT2D eigenvalue weighted by Crippen LogP contribution is 2.31. The summed E-state index contributed by atoms with van der Waals surface area (Å²) in [5.41, 5.74) is 2.40. The van der Waals surface area contributed by atoms with Crippen molar-refractivity contribution in [2.24, 2.45) is 0 Å². The van der Waals surface area contributed by atoms with Gasteiger partial charge in [-0.3, -0.25) is 0 Å². The van der Waals surface area contributed by atoms with E-state index in [1.54, 1.807) is 0 Å².